The lowest BCUT2D eigenvalue weighted by Gasteiger charge is -2.29. The third kappa shape index (κ3) is 2.45. The molecule has 15 heavy (non-hydrogen) atoms. The molecule has 1 saturated heterocycles. The van der Waals surface area contributed by atoms with E-state index in [9.17, 15) is 4.79 Å². The van der Waals surface area contributed by atoms with E-state index in [0.29, 0.717) is 30.9 Å². The monoisotopic (exact) mass is 231 g/mol. The van der Waals surface area contributed by atoms with Gasteiger partial charge in [-0.1, -0.05) is 6.42 Å². The molecule has 0 aromatic heterocycles. The zero-order valence-electron chi connectivity index (χ0n) is 8.95. The molecule has 4 heteroatoms. The van der Waals surface area contributed by atoms with Crippen LogP contribution >= 0.6 is 11.6 Å². The topological polar surface area (TPSA) is 29.5 Å². The third-order valence-corrected chi connectivity index (χ3v) is 3.65. The number of fused-ring (bicyclic) bond motifs is 1. The van der Waals surface area contributed by atoms with E-state index in [1.807, 2.05) is 4.90 Å². The van der Waals surface area contributed by atoms with Crippen LogP contribution in [0.3, 0.4) is 0 Å². The average molecular weight is 232 g/mol. The number of carbonyl (C=O) groups excluding carboxylic acids is 1. The Balaban J connectivity index is 2.03. The average Bonchev–Trinajstić information content (AvgIpc) is 2.58. The molecule has 1 amide bonds. The molecule has 1 aliphatic heterocycles. The van der Waals surface area contributed by atoms with Gasteiger partial charge in [-0.25, -0.2) is 0 Å². The van der Waals surface area contributed by atoms with Crippen molar-refractivity contribution in [1.82, 2.24) is 4.90 Å². The molecule has 86 valence electrons. The number of nitrogens with zero attached hydrogens (tertiary/aromatic N) is 1. The van der Waals surface area contributed by atoms with E-state index < -0.39 is 0 Å². The lowest BCUT2D eigenvalue weighted by atomic mass is 10.0. The van der Waals surface area contributed by atoms with Gasteiger partial charge in [0.05, 0.1) is 13.2 Å². The smallest absolute Gasteiger partial charge is 0.224 e. The van der Waals surface area contributed by atoms with Crippen LogP contribution in [-0.4, -0.2) is 42.5 Å². The van der Waals surface area contributed by atoms with Crippen molar-refractivity contribution in [2.45, 2.75) is 31.7 Å². The summed E-state index contributed by atoms with van der Waals surface area (Å²) in [5.74, 6) is 1.19. The molecule has 1 heterocycles. The van der Waals surface area contributed by atoms with E-state index in [4.69, 9.17) is 16.3 Å². The van der Waals surface area contributed by atoms with Gasteiger partial charge in [-0.05, 0) is 12.8 Å². The lowest BCUT2D eigenvalue weighted by molar-refractivity contribution is -0.133. The second kappa shape index (κ2) is 5.17. The van der Waals surface area contributed by atoms with Gasteiger partial charge in [-0.15, -0.1) is 11.6 Å². The number of hydrogen-bond acceptors (Lipinski definition) is 2. The third-order valence-electron chi connectivity index (χ3n) is 3.46. The van der Waals surface area contributed by atoms with Crippen molar-refractivity contribution in [3.8, 4) is 0 Å². The summed E-state index contributed by atoms with van der Waals surface area (Å²) in [7, 11) is 0. The van der Waals surface area contributed by atoms with Crippen LogP contribution in [0.2, 0.25) is 0 Å². The molecule has 0 bridgehead atoms. The Bertz CT molecular complexity index is 235. The van der Waals surface area contributed by atoms with Crippen molar-refractivity contribution >= 4 is 17.5 Å². The largest absolute Gasteiger partial charge is 0.379 e. The molecule has 1 saturated carbocycles. The Labute approximate surface area is 95.7 Å². The zero-order valence-corrected chi connectivity index (χ0v) is 9.71. The van der Waals surface area contributed by atoms with E-state index in [-0.39, 0.29) is 5.91 Å². The van der Waals surface area contributed by atoms with Crippen molar-refractivity contribution in [2.24, 2.45) is 5.92 Å². The molecular weight excluding hydrogens is 214 g/mol. The minimum Gasteiger partial charge on any atom is -0.379 e. The number of carbonyl (C=O) groups is 1. The fourth-order valence-electron chi connectivity index (χ4n) is 2.72. The minimum atomic E-state index is 0.201. The summed E-state index contributed by atoms with van der Waals surface area (Å²) in [6, 6.07) is 0.420. The van der Waals surface area contributed by atoms with Crippen molar-refractivity contribution in [3.05, 3.63) is 0 Å². The highest BCUT2D eigenvalue weighted by Gasteiger charge is 2.35. The van der Waals surface area contributed by atoms with Crippen LogP contribution < -0.4 is 0 Å². The van der Waals surface area contributed by atoms with E-state index in [0.717, 1.165) is 19.6 Å². The molecule has 2 fully saturated rings. The summed E-state index contributed by atoms with van der Waals surface area (Å²) in [6.07, 6.45) is 4.03. The number of hydrogen-bond donors (Lipinski definition) is 0. The van der Waals surface area contributed by atoms with Crippen molar-refractivity contribution in [3.63, 3.8) is 0 Å². The highest BCUT2D eigenvalue weighted by Crippen LogP contribution is 2.32. The van der Waals surface area contributed by atoms with Gasteiger partial charge in [0.1, 0.15) is 0 Å². The summed E-state index contributed by atoms with van der Waals surface area (Å²) in [5.41, 5.74) is 0. The molecule has 2 atom stereocenters. The van der Waals surface area contributed by atoms with Gasteiger partial charge in [-0.3, -0.25) is 4.79 Å². The lowest BCUT2D eigenvalue weighted by Crippen LogP contribution is -2.42. The van der Waals surface area contributed by atoms with Crippen LogP contribution in [0.15, 0.2) is 0 Å². The number of rotatable bonds is 2. The van der Waals surface area contributed by atoms with Crippen LogP contribution in [0, 0.1) is 5.92 Å². The van der Waals surface area contributed by atoms with Crippen LogP contribution in [0.25, 0.3) is 0 Å². The van der Waals surface area contributed by atoms with Crippen molar-refractivity contribution in [2.75, 3.05) is 25.6 Å². The predicted molar refractivity (Wildman–Crippen MR) is 59.0 cm³/mol. The minimum absolute atomic E-state index is 0.201. The summed E-state index contributed by atoms with van der Waals surface area (Å²) in [6.45, 7) is 2.26. The van der Waals surface area contributed by atoms with Crippen molar-refractivity contribution < 1.29 is 9.53 Å². The fraction of sp³-hybridized carbons (Fsp3) is 0.909. The molecule has 0 N–H and O–H groups in total. The van der Waals surface area contributed by atoms with Gasteiger partial charge in [-0.2, -0.15) is 0 Å². The second-order valence-corrected chi connectivity index (χ2v) is 4.74. The fourth-order valence-corrected chi connectivity index (χ4v) is 2.88. The standard InChI is InChI=1S/C11H18ClNO2/c12-5-4-11(14)13-6-7-15-8-9-2-1-3-10(9)13/h9-10H,1-8H2/t9-,10-/m1/s1. The first-order chi connectivity index (χ1) is 7.33. The first-order valence-corrected chi connectivity index (χ1v) is 6.29. The number of alkyl halides is 1. The maximum absolute atomic E-state index is 11.9. The maximum Gasteiger partial charge on any atom is 0.224 e. The SMILES string of the molecule is O=C(CCCl)N1CCOC[C@H]2CCC[C@H]21. The van der Waals surface area contributed by atoms with Gasteiger partial charge in [0.15, 0.2) is 0 Å². The molecule has 2 rings (SSSR count). The summed E-state index contributed by atoms with van der Waals surface area (Å²) >= 11 is 5.62. The Kier molecular flexibility index (Phi) is 3.87. The Hall–Kier alpha value is -0.280. The van der Waals surface area contributed by atoms with E-state index in [1.54, 1.807) is 0 Å². The predicted octanol–water partition coefficient (Wildman–Crippen LogP) is 1.64. The molecular formula is C11H18ClNO2. The van der Waals surface area contributed by atoms with Gasteiger partial charge >= 0.3 is 0 Å². The molecule has 0 unspecified atom stereocenters. The van der Waals surface area contributed by atoms with Gasteiger partial charge < -0.3 is 9.64 Å². The Morgan fingerprint density at radius 1 is 1.47 bits per heavy atom. The first kappa shape index (κ1) is 11.2. The second-order valence-electron chi connectivity index (χ2n) is 4.36. The molecule has 0 aromatic carbocycles. The van der Waals surface area contributed by atoms with E-state index >= 15 is 0 Å². The Morgan fingerprint density at radius 2 is 2.33 bits per heavy atom. The van der Waals surface area contributed by atoms with Gasteiger partial charge in [0, 0.05) is 30.8 Å². The van der Waals surface area contributed by atoms with Crippen LogP contribution in [-0.2, 0) is 9.53 Å². The zero-order chi connectivity index (χ0) is 10.7. The van der Waals surface area contributed by atoms with Crippen LogP contribution in [0.1, 0.15) is 25.7 Å². The van der Waals surface area contributed by atoms with Crippen LogP contribution in [0.5, 0.6) is 0 Å². The summed E-state index contributed by atoms with van der Waals surface area (Å²) < 4.78 is 5.54. The highest BCUT2D eigenvalue weighted by molar-refractivity contribution is 6.18. The molecule has 0 radical (unpaired) electrons. The normalized spacial score (nSPS) is 31.1. The van der Waals surface area contributed by atoms with Crippen molar-refractivity contribution in [1.29, 1.82) is 0 Å². The van der Waals surface area contributed by atoms with Gasteiger partial charge in [0.25, 0.3) is 0 Å². The summed E-state index contributed by atoms with van der Waals surface area (Å²) in [4.78, 5) is 13.9. The molecule has 2 aliphatic rings. The van der Waals surface area contributed by atoms with Crippen LogP contribution in [0.4, 0.5) is 0 Å². The maximum atomic E-state index is 11.9. The molecule has 1 aliphatic carbocycles. The quantitative estimate of drug-likeness (QED) is 0.677. The number of ether oxygens (including phenoxy) is 1. The summed E-state index contributed by atoms with van der Waals surface area (Å²) in [5, 5.41) is 0. The van der Waals surface area contributed by atoms with E-state index in [1.165, 1.54) is 12.8 Å². The molecule has 3 nitrogen and oxygen atoms in total. The van der Waals surface area contributed by atoms with E-state index in [2.05, 4.69) is 0 Å². The number of halogens is 1. The Morgan fingerprint density at radius 3 is 3.13 bits per heavy atom. The van der Waals surface area contributed by atoms with Gasteiger partial charge in [0.2, 0.25) is 5.91 Å². The highest BCUT2D eigenvalue weighted by atomic mass is 35.5. The molecule has 0 spiro atoms. The first-order valence-electron chi connectivity index (χ1n) is 5.76. The molecule has 0 aromatic rings. The number of amides is 1.